The molecule has 156 valence electrons. The number of hydrogen-bond donors (Lipinski definition) is 1. The van der Waals surface area contributed by atoms with Gasteiger partial charge in [-0.2, -0.15) is 0 Å². The van der Waals surface area contributed by atoms with Crippen LogP contribution in [0, 0.1) is 5.92 Å². The predicted octanol–water partition coefficient (Wildman–Crippen LogP) is 4.32. The number of thiophene rings is 1. The van der Waals surface area contributed by atoms with Crippen LogP contribution < -0.4 is 5.73 Å². The molecule has 0 bridgehead atoms. The Morgan fingerprint density at radius 3 is 2.90 bits per heavy atom. The topological polar surface area (TPSA) is 85.0 Å². The lowest BCUT2D eigenvalue weighted by Gasteiger charge is -2.17. The lowest BCUT2D eigenvalue weighted by atomic mass is 9.89. The quantitative estimate of drug-likeness (QED) is 0.610. The maximum atomic E-state index is 12.4. The second-order valence-electron chi connectivity index (χ2n) is 8.23. The Labute approximate surface area is 184 Å². The summed E-state index contributed by atoms with van der Waals surface area (Å²) in [6.45, 7) is 4.00. The summed E-state index contributed by atoms with van der Waals surface area (Å²) in [5.74, 6) is 2.74. The Morgan fingerprint density at radius 2 is 2.13 bits per heavy atom. The SMILES string of the molecule is CC1CCc2c(sc3nc(CSc4ccc(C(=O)N5CCCC5)cn4)nc(N)c23)C1. The van der Waals surface area contributed by atoms with E-state index < -0.39 is 0 Å². The van der Waals surface area contributed by atoms with E-state index in [4.69, 9.17) is 10.7 Å². The summed E-state index contributed by atoms with van der Waals surface area (Å²) in [6, 6.07) is 3.77. The molecule has 5 rings (SSSR count). The average Bonchev–Trinajstić information content (AvgIpc) is 3.39. The molecule has 30 heavy (non-hydrogen) atoms. The molecule has 3 aromatic heterocycles. The zero-order chi connectivity index (χ0) is 20.7. The third kappa shape index (κ3) is 3.78. The van der Waals surface area contributed by atoms with Crippen LogP contribution in [0.1, 0.15) is 52.8 Å². The van der Waals surface area contributed by atoms with Crippen molar-refractivity contribution in [2.45, 2.75) is 49.8 Å². The second-order valence-corrected chi connectivity index (χ2v) is 10.3. The smallest absolute Gasteiger partial charge is 0.255 e. The van der Waals surface area contributed by atoms with Gasteiger partial charge in [-0.3, -0.25) is 4.79 Å². The number of fused-ring (bicyclic) bond motifs is 3. The number of nitrogen functional groups attached to an aromatic ring is 1. The Morgan fingerprint density at radius 1 is 1.30 bits per heavy atom. The molecule has 6 nitrogen and oxygen atoms in total. The number of nitrogens with two attached hydrogens (primary N) is 1. The van der Waals surface area contributed by atoms with Gasteiger partial charge in [-0.15, -0.1) is 11.3 Å². The lowest BCUT2D eigenvalue weighted by Crippen LogP contribution is -2.27. The van der Waals surface area contributed by atoms with Gasteiger partial charge in [0.2, 0.25) is 0 Å². The highest BCUT2D eigenvalue weighted by molar-refractivity contribution is 7.98. The fourth-order valence-corrected chi connectivity index (χ4v) is 6.42. The summed E-state index contributed by atoms with van der Waals surface area (Å²) in [5.41, 5.74) is 8.35. The number of anilines is 1. The Bertz CT molecular complexity index is 1090. The van der Waals surface area contributed by atoms with E-state index in [1.54, 1.807) is 29.3 Å². The number of rotatable bonds is 4. The van der Waals surface area contributed by atoms with E-state index in [2.05, 4.69) is 16.9 Å². The fraction of sp³-hybridized carbons (Fsp3) is 0.455. The number of aromatic nitrogens is 3. The monoisotopic (exact) mass is 439 g/mol. The largest absolute Gasteiger partial charge is 0.383 e. The second kappa shape index (κ2) is 8.15. The number of carbonyl (C=O) groups excluding carboxylic acids is 1. The molecular formula is C22H25N5OS2. The molecule has 0 spiro atoms. The zero-order valence-electron chi connectivity index (χ0n) is 17.1. The van der Waals surface area contributed by atoms with Gasteiger partial charge in [-0.05, 0) is 55.7 Å². The van der Waals surface area contributed by atoms with E-state index in [9.17, 15) is 4.79 Å². The molecule has 1 unspecified atom stereocenters. The van der Waals surface area contributed by atoms with Crippen LogP contribution in [-0.4, -0.2) is 38.8 Å². The maximum Gasteiger partial charge on any atom is 0.255 e. The van der Waals surface area contributed by atoms with Gasteiger partial charge in [0.15, 0.2) is 0 Å². The van der Waals surface area contributed by atoms with Crippen molar-refractivity contribution in [2.75, 3.05) is 18.8 Å². The van der Waals surface area contributed by atoms with Crippen molar-refractivity contribution in [3.63, 3.8) is 0 Å². The first-order chi connectivity index (χ1) is 14.6. The van der Waals surface area contributed by atoms with Crippen LogP contribution in [-0.2, 0) is 18.6 Å². The van der Waals surface area contributed by atoms with Crippen LogP contribution in [0.15, 0.2) is 23.4 Å². The number of nitrogens with zero attached hydrogens (tertiary/aromatic N) is 4. The third-order valence-corrected chi connectivity index (χ3v) is 8.04. The van der Waals surface area contributed by atoms with Crippen molar-refractivity contribution in [1.82, 2.24) is 19.9 Å². The molecule has 8 heteroatoms. The molecular weight excluding hydrogens is 414 g/mol. The van der Waals surface area contributed by atoms with E-state index in [-0.39, 0.29) is 5.91 Å². The fourth-order valence-electron chi connectivity index (χ4n) is 4.31. The van der Waals surface area contributed by atoms with Crippen molar-refractivity contribution in [3.8, 4) is 0 Å². The van der Waals surface area contributed by atoms with Gasteiger partial charge >= 0.3 is 0 Å². The minimum Gasteiger partial charge on any atom is -0.383 e. The molecule has 1 amide bonds. The molecule has 1 fully saturated rings. The standard InChI is InChI=1S/C22H25N5OS2/c1-13-4-6-15-16(10-13)30-21-19(15)20(23)25-17(26-21)12-29-18-7-5-14(11-24-18)22(28)27-8-2-3-9-27/h5,7,11,13H,2-4,6,8-10,12H2,1H3,(H2,23,25,26). The summed E-state index contributed by atoms with van der Waals surface area (Å²) in [4.78, 5) is 30.6. The number of hydrogen-bond acceptors (Lipinski definition) is 7. The molecule has 1 atom stereocenters. The van der Waals surface area contributed by atoms with Crippen LogP contribution in [0.5, 0.6) is 0 Å². The summed E-state index contributed by atoms with van der Waals surface area (Å²) in [7, 11) is 0. The summed E-state index contributed by atoms with van der Waals surface area (Å²) in [6.07, 6.45) is 7.25. The molecule has 1 aliphatic carbocycles. The van der Waals surface area contributed by atoms with Crippen molar-refractivity contribution < 1.29 is 4.79 Å². The van der Waals surface area contributed by atoms with Crippen molar-refractivity contribution in [3.05, 3.63) is 40.2 Å². The first-order valence-electron chi connectivity index (χ1n) is 10.5. The molecule has 3 aromatic rings. The Kier molecular flexibility index (Phi) is 5.37. The first kappa shape index (κ1) is 19.8. The number of aryl methyl sites for hydroxylation is 1. The molecule has 4 heterocycles. The Hall–Kier alpha value is -2.19. The number of pyridine rings is 1. The van der Waals surface area contributed by atoms with E-state index >= 15 is 0 Å². The van der Waals surface area contributed by atoms with Gasteiger partial charge in [-0.25, -0.2) is 15.0 Å². The average molecular weight is 440 g/mol. The normalized spacial score (nSPS) is 18.7. The highest BCUT2D eigenvalue weighted by atomic mass is 32.2. The van der Waals surface area contributed by atoms with Crippen LogP contribution >= 0.6 is 23.1 Å². The van der Waals surface area contributed by atoms with Crippen LogP contribution in [0.2, 0.25) is 0 Å². The minimum atomic E-state index is 0.0779. The van der Waals surface area contributed by atoms with Gasteiger partial charge in [-0.1, -0.05) is 18.7 Å². The van der Waals surface area contributed by atoms with Gasteiger partial charge in [0, 0.05) is 24.2 Å². The molecule has 0 radical (unpaired) electrons. The predicted molar refractivity (Wildman–Crippen MR) is 122 cm³/mol. The van der Waals surface area contributed by atoms with Gasteiger partial charge in [0.05, 0.1) is 21.7 Å². The third-order valence-electron chi connectivity index (χ3n) is 5.96. The van der Waals surface area contributed by atoms with Crippen LogP contribution in [0.25, 0.3) is 10.2 Å². The summed E-state index contributed by atoms with van der Waals surface area (Å²) in [5, 5.41) is 1.92. The van der Waals surface area contributed by atoms with Crippen molar-refractivity contribution in [2.24, 2.45) is 5.92 Å². The molecule has 2 N–H and O–H groups in total. The number of carbonyl (C=O) groups is 1. The maximum absolute atomic E-state index is 12.4. The zero-order valence-corrected chi connectivity index (χ0v) is 18.7. The molecule has 2 aliphatic rings. The van der Waals surface area contributed by atoms with E-state index in [0.29, 0.717) is 17.1 Å². The number of likely N-dealkylation sites (tertiary alicyclic amines) is 1. The first-order valence-corrected chi connectivity index (χ1v) is 12.3. The molecule has 1 aliphatic heterocycles. The summed E-state index contributed by atoms with van der Waals surface area (Å²) < 4.78 is 0. The minimum absolute atomic E-state index is 0.0779. The van der Waals surface area contributed by atoms with Gasteiger partial charge in [0.25, 0.3) is 5.91 Å². The lowest BCUT2D eigenvalue weighted by molar-refractivity contribution is 0.0792. The van der Waals surface area contributed by atoms with Gasteiger partial charge in [0.1, 0.15) is 16.5 Å². The number of amides is 1. The molecule has 0 aromatic carbocycles. The Balaban J connectivity index is 1.30. The van der Waals surface area contributed by atoms with Crippen LogP contribution in [0.4, 0.5) is 5.82 Å². The summed E-state index contributed by atoms with van der Waals surface area (Å²) >= 11 is 3.34. The van der Waals surface area contributed by atoms with Crippen LogP contribution in [0.3, 0.4) is 0 Å². The van der Waals surface area contributed by atoms with E-state index in [0.717, 1.165) is 65.8 Å². The van der Waals surface area contributed by atoms with Gasteiger partial charge < -0.3 is 10.6 Å². The molecule has 1 saturated heterocycles. The van der Waals surface area contributed by atoms with E-state index in [1.807, 2.05) is 17.0 Å². The number of thioether (sulfide) groups is 1. The molecule has 0 saturated carbocycles. The van der Waals surface area contributed by atoms with Crippen molar-refractivity contribution in [1.29, 1.82) is 0 Å². The van der Waals surface area contributed by atoms with E-state index in [1.165, 1.54) is 16.9 Å². The highest BCUT2D eigenvalue weighted by Gasteiger charge is 2.23. The van der Waals surface area contributed by atoms with Crippen molar-refractivity contribution >= 4 is 45.0 Å². The highest BCUT2D eigenvalue weighted by Crippen LogP contribution is 2.39.